The number of hydrogen-bond donors (Lipinski definition) is 0. The molecule has 4 heteroatoms. The lowest BCUT2D eigenvalue weighted by atomic mass is 10.1. The molecule has 0 aliphatic carbocycles. The molecule has 0 bridgehead atoms. The Bertz CT molecular complexity index is 363. The summed E-state index contributed by atoms with van der Waals surface area (Å²) in [6, 6.07) is 5.36. The maximum Gasteiger partial charge on any atom is 0.138 e. The smallest absolute Gasteiger partial charge is 0.138 e. The molecule has 0 atom stereocenters. The highest BCUT2D eigenvalue weighted by Gasteiger charge is 2.18. The molecule has 102 valence electrons. The second kappa shape index (κ2) is 7.88. The van der Waals surface area contributed by atoms with Crippen LogP contribution in [0.5, 0.6) is 5.75 Å². The van der Waals surface area contributed by atoms with Crippen LogP contribution in [0.15, 0.2) is 18.2 Å². The second-order valence-electron chi connectivity index (χ2n) is 4.20. The van der Waals surface area contributed by atoms with Gasteiger partial charge in [0.15, 0.2) is 0 Å². The summed E-state index contributed by atoms with van der Waals surface area (Å²) in [5, 5.41) is 1.23. The lowest BCUT2D eigenvalue weighted by molar-refractivity contribution is 0.114. The summed E-state index contributed by atoms with van der Waals surface area (Å²) in [7, 11) is 2.13. The van der Waals surface area contributed by atoms with Gasteiger partial charge in [-0.25, -0.2) is 0 Å². The van der Waals surface area contributed by atoms with Gasteiger partial charge in [-0.1, -0.05) is 37.0 Å². The molecule has 1 saturated heterocycles. The van der Waals surface area contributed by atoms with Crippen LogP contribution in [0.3, 0.4) is 0 Å². The monoisotopic (exact) mass is 289 g/mol. The van der Waals surface area contributed by atoms with Crippen molar-refractivity contribution >= 4 is 23.2 Å². The van der Waals surface area contributed by atoms with Crippen LogP contribution >= 0.6 is 23.2 Å². The molecule has 1 aromatic rings. The Balaban J connectivity index is 0.000000771. The van der Waals surface area contributed by atoms with Gasteiger partial charge in [-0.2, -0.15) is 0 Å². The molecule has 0 saturated carbocycles. The molecule has 2 rings (SSSR count). The summed E-state index contributed by atoms with van der Waals surface area (Å²) in [6.45, 7) is 6.16. The minimum Gasteiger partial charge on any atom is -0.489 e. The minimum absolute atomic E-state index is 0.273. The molecule has 1 aromatic carbocycles. The number of benzene rings is 1. The van der Waals surface area contributed by atoms with Gasteiger partial charge in [0.1, 0.15) is 11.9 Å². The summed E-state index contributed by atoms with van der Waals surface area (Å²) in [6.07, 6.45) is 2.38. The Labute approximate surface area is 120 Å². The summed E-state index contributed by atoms with van der Waals surface area (Å²) in [4.78, 5) is 2.31. The summed E-state index contributed by atoms with van der Waals surface area (Å²) < 4.78 is 5.87. The highest BCUT2D eigenvalue weighted by atomic mass is 35.5. The zero-order valence-electron chi connectivity index (χ0n) is 11.2. The number of hydrogen-bond acceptors (Lipinski definition) is 2. The van der Waals surface area contributed by atoms with Crippen LogP contribution < -0.4 is 4.74 Å². The van der Waals surface area contributed by atoms with Gasteiger partial charge in [-0.05, 0) is 38.1 Å². The summed E-state index contributed by atoms with van der Waals surface area (Å²) in [5.74, 6) is 0.737. The minimum atomic E-state index is 0.273. The molecular formula is C14H21Cl2NO. The number of piperidine rings is 1. The van der Waals surface area contributed by atoms with Crippen LogP contribution in [-0.2, 0) is 0 Å². The molecule has 2 nitrogen and oxygen atoms in total. The maximum absolute atomic E-state index is 6.06. The zero-order chi connectivity index (χ0) is 13.5. The van der Waals surface area contributed by atoms with Crippen molar-refractivity contribution in [2.24, 2.45) is 0 Å². The first-order valence-electron chi connectivity index (χ1n) is 6.45. The Morgan fingerprint density at radius 2 is 1.78 bits per heavy atom. The number of halogens is 2. The molecule has 0 spiro atoms. The molecule has 0 N–H and O–H groups in total. The largest absolute Gasteiger partial charge is 0.489 e. The summed E-state index contributed by atoms with van der Waals surface area (Å²) in [5.41, 5.74) is 0. The van der Waals surface area contributed by atoms with Gasteiger partial charge in [-0.15, -0.1) is 0 Å². The van der Waals surface area contributed by atoms with Gasteiger partial charge in [-0.3, -0.25) is 0 Å². The molecule has 1 aliphatic heterocycles. The predicted octanol–water partition coefficient (Wildman–Crippen LogP) is 4.49. The molecule has 0 unspecified atom stereocenters. The van der Waals surface area contributed by atoms with E-state index in [0.29, 0.717) is 10.0 Å². The standard InChI is InChI=1S/C12H15Cl2NO.C2H6/c1-15-6-4-10(5-7-15)16-12-3-2-9(13)8-11(12)14;1-2/h2-3,8,10H,4-7H2,1H3;1-2H3. The molecular weight excluding hydrogens is 269 g/mol. The highest BCUT2D eigenvalue weighted by Crippen LogP contribution is 2.29. The Morgan fingerprint density at radius 3 is 2.33 bits per heavy atom. The Morgan fingerprint density at radius 1 is 1.17 bits per heavy atom. The number of likely N-dealkylation sites (tertiary alicyclic amines) is 1. The van der Waals surface area contributed by atoms with Crippen LogP contribution in [0.2, 0.25) is 10.0 Å². The average molecular weight is 290 g/mol. The van der Waals surface area contributed by atoms with E-state index >= 15 is 0 Å². The van der Waals surface area contributed by atoms with Gasteiger partial charge in [0.05, 0.1) is 5.02 Å². The SMILES string of the molecule is CC.CN1CCC(Oc2ccc(Cl)cc2Cl)CC1. The van der Waals surface area contributed by atoms with Crippen LogP contribution in [0.4, 0.5) is 0 Å². The van der Waals surface area contributed by atoms with Crippen molar-refractivity contribution in [3.05, 3.63) is 28.2 Å². The van der Waals surface area contributed by atoms with Crippen molar-refractivity contribution in [3.63, 3.8) is 0 Å². The van der Waals surface area contributed by atoms with Crippen molar-refractivity contribution in [2.75, 3.05) is 20.1 Å². The van der Waals surface area contributed by atoms with E-state index in [1.807, 2.05) is 19.9 Å². The van der Waals surface area contributed by atoms with E-state index in [4.69, 9.17) is 27.9 Å². The molecule has 0 amide bonds. The zero-order valence-corrected chi connectivity index (χ0v) is 12.8. The Hall–Kier alpha value is -0.440. The van der Waals surface area contributed by atoms with E-state index in [-0.39, 0.29) is 6.10 Å². The fourth-order valence-corrected chi connectivity index (χ4v) is 2.31. The molecule has 1 fully saturated rings. The fourth-order valence-electron chi connectivity index (χ4n) is 1.85. The predicted molar refractivity (Wildman–Crippen MR) is 79.0 cm³/mol. The molecule has 0 radical (unpaired) electrons. The van der Waals surface area contributed by atoms with E-state index in [9.17, 15) is 0 Å². The van der Waals surface area contributed by atoms with Crippen molar-refractivity contribution in [1.29, 1.82) is 0 Å². The van der Waals surface area contributed by atoms with Crippen molar-refractivity contribution < 1.29 is 4.74 Å². The van der Waals surface area contributed by atoms with Gasteiger partial charge in [0, 0.05) is 18.1 Å². The lowest BCUT2D eigenvalue weighted by Gasteiger charge is -2.29. The van der Waals surface area contributed by atoms with Crippen LogP contribution in [0, 0.1) is 0 Å². The molecule has 0 aromatic heterocycles. The van der Waals surface area contributed by atoms with E-state index in [1.165, 1.54) is 0 Å². The molecule has 1 aliphatic rings. The molecule has 18 heavy (non-hydrogen) atoms. The van der Waals surface area contributed by atoms with Crippen LogP contribution in [0.25, 0.3) is 0 Å². The Kier molecular flexibility index (Phi) is 6.83. The van der Waals surface area contributed by atoms with E-state index in [1.54, 1.807) is 12.1 Å². The van der Waals surface area contributed by atoms with Gasteiger partial charge in [0.25, 0.3) is 0 Å². The number of rotatable bonds is 2. The van der Waals surface area contributed by atoms with Crippen molar-refractivity contribution in [3.8, 4) is 5.75 Å². The number of ether oxygens (including phenoxy) is 1. The van der Waals surface area contributed by atoms with Crippen LogP contribution in [0.1, 0.15) is 26.7 Å². The fraction of sp³-hybridized carbons (Fsp3) is 0.571. The van der Waals surface area contributed by atoms with Crippen molar-refractivity contribution in [1.82, 2.24) is 4.90 Å². The first-order chi connectivity index (χ1) is 8.65. The van der Waals surface area contributed by atoms with Crippen molar-refractivity contribution in [2.45, 2.75) is 32.8 Å². The molecule has 1 heterocycles. The topological polar surface area (TPSA) is 12.5 Å². The normalized spacial score (nSPS) is 16.9. The second-order valence-corrected chi connectivity index (χ2v) is 5.04. The van der Waals surface area contributed by atoms with Gasteiger partial charge < -0.3 is 9.64 Å². The highest BCUT2D eigenvalue weighted by molar-refractivity contribution is 6.35. The maximum atomic E-state index is 6.06. The summed E-state index contributed by atoms with van der Waals surface area (Å²) >= 11 is 11.9. The number of nitrogens with zero attached hydrogens (tertiary/aromatic N) is 1. The van der Waals surface area contributed by atoms with E-state index < -0.39 is 0 Å². The third-order valence-corrected chi connectivity index (χ3v) is 3.38. The average Bonchev–Trinajstić information content (AvgIpc) is 2.38. The van der Waals surface area contributed by atoms with E-state index in [0.717, 1.165) is 31.7 Å². The lowest BCUT2D eigenvalue weighted by Crippen LogP contribution is -2.35. The quantitative estimate of drug-likeness (QED) is 0.795. The third kappa shape index (κ3) is 4.68. The van der Waals surface area contributed by atoms with E-state index in [2.05, 4.69) is 11.9 Å². The first-order valence-corrected chi connectivity index (χ1v) is 7.21. The van der Waals surface area contributed by atoms with Crippen LogP contribution in [-0.4, -0.2) is 31.1 Å². The van der Waals surface area contributed by atoms with Gasteiger partial charge in [0.2, 0.25) is 0 Å². The third-order valence-electron chi connectivity index (χ3n) is 2.85. The van der Waals surface area contributed by atoms with Gasteiger partial charge >= 0.3 is 0 Å². The first kappa shape index (κ1) is 15.6.